The summed E-state index contributed by atoms with van der Waals surface area (Å²) in [6.45, 7) is 5.29. The highest BCUT2D eigenvalue weighted by atomic mass is 79.9. The third kappa shape index (κ3) is 6.71. The van der Waals surface area contributed by atoms with E-state index < -0.39 is 0 Å². The molecule has 0 saturated carbocycles. The molecule has 2 aromatic carbocycles. The van der Waals surface area contributed by atoms with Crippen LogP contribution in [-0.4, -0.2) is 19.1 Å². The summed E-state index contributed by atoms with van der Waals surface area (Å²) in [5, 5.41) is 2.93. The number of benzene rings is 2. The number of aryl methyl sites for hydroxylation is 1. The number of carbonyl (C=O) groups excluding carboxylic acids is 1. The van der Waals surface area contributed by atoms with Crippen molar-refractivity contribution in [3.05, 3.63) is 52.5 Å². The zero-order valence-corrected chi connectivity index (χ0v) is 17.0. The molecule has 0 heterocycles. The predicted molar refractivity (Wildman–Crippen MR) is 109 cm³/mol. The number of para-hydroxylation sites is 2. The van der Waals surface area contributed by atoms with Crippen LogP contribution in [0.1, 0.15) is 38.2 Å². The molecule has 0 bridgehead atoms. The topological polar surface area (TPSA) is 47.6 Å². The van der Waals surface area contributed by atoms with E-state index in [-0.39, 0.29) is 5.91 Å². The molecule has 0 aliphatic rings. The van der Waals surface area contributed by atoms with E-state index in [1.54, 1.807) is 0 Å². The predicted octanol–water partition coefficient (Wildman–Crippen LogP) is 5.73. The van der Waals surface area contributed by atoms with Gasteiger partial charge in [-0.15, -0.1) is 0 Å². The van der Waals surface area contributed by atoms with E-state index in [0.717, 1.165) is 28.8 Å². The lowest BCUT2D eigenvalue weighted by molar-refractivity contribution is -0.116. The van der Waals surface area contributed by atoms with E-state index >= 15 is 0 Å². The maximum Gasteiger partial charge on any atom is 0.224 e. The number of hydrogen-bond acceptors (Lipinski definition) is 3. The van der Waals surface area contributed by atoms with Crippen LogP contribution in [0.25, 0.3) is 0 Å². The van der Waals surface area contributed by atoms with Crippen molar-refractivity contribution in [1.82, 2.24) is 0 Å². The molecule has 0 spiro atoms. The highest BCUT2D eigenvalue weighted by molar-refractivity contribution is 9.10. The Balaban J connectivity index is 1.76. The second-order valence-corrected chi connectivity index (χ2v) is 6.99. The number of halogens is 1. The van der Waals surface area contributed by atoms with Crippen LogP contribution in [0.4, 0.5) is 5.69 Å². The third-order valence-corrected chi connectivity index (χ3v) is 4.43. The van der Waals surface area contributed by atoms with Crippen LogP contribution in [0.3, 0.4) is 0 Å². The van der Waals surface area contributed by atoms with Crippen molar-refractivity contribution in [2.24, 2.45) is 0 Å². The number of rotatable bonds is 10. The van der Waals surface area contributed by atoms with Gasteiger partial charge in [0.05, 0.1) is 23.4 Å². The Morgan fingerprint density at radius 2 is 1.77 bits per heavy atom. The molecular formula is C21H26BrNO3. The number of amides is 1. The molecule has 26 heavy (non-hydrogen) atoms. The van der Waals surface area contributed by atoms with E-state index in [4.69, 9.17) is 9.47 Å². The van der Waals surface area contributed by atoms with Gasteiger partial charge in [0.25, 0.3) is 0 Å². The zero-order valence-electron chi connectivity index (χ0n) is 15.4. The molecule has 2 rings (SSSR count). The van der Waals surface area contributed by atoms with Gasteiger partial charge in [0.15, 0.2) is 0 Å². The Labute approximate surface area is 164 Å². The summed E-state index contributed by atoms with van der Waals surface area (Å²) in [5.74, 6) is 1.47. The minimum atomic E-state index is -0.0388. The summed E-state index contributed by atoms with van der Waals surface area (Å²) in [7, 11) is 0. The summed E-state index contributed by atoms with van der Waals surface area (Å²) in [4.78, 5) is 12.2. The van der Waals surface area contributed by atoms with Crippen molar-refractivity contribution >= 4 is 27.5 Å². The van der Waals surface area contributed by atoms with Gasteiger partial charge in [-0.05, 0) is 65.5 Å². The van der Waals surface area contributed by atoms with Crippen molar-refractivity contribution in [3.8, 4) is 11.5 Å². The van der Waals surface area contributed by atoms with Crippen molar-refractivity contribution in [2.75, 3.05) is 18.5 Å². The first-order valence-electron chi connectivity index (χ1n) is 9.00. The smallest absolute Gasteiger partial charge is 0.224 e. The van der Waals surface area contributed by atoms with Gasteiger partial charge in [0, 0.05) is 6.42 Å². The first kappa shape index (κ1) is 20.3. The normalized spacial score (nSPS) is 10.4. The van der Waals surface area contributed by atoms with Crippen molar-refractivity contribution < 1.29 is 14.3 Å². The van der Waals surface area contributed by atoms with Crippen LogP contribution >= 0.6 is 15.9 Å². The van der Waals surface area contributed by atoms with Gasteiger partial charge in [-0.2, -0.15) is 0 Å². The Hall–Kier alpha value is -2.01. The Morgan fingerprint density at radius 1 is 1.04 bits per heavy atom. The van der Waals surface area contributed by atoms with E-state index in [9.17, 15) is 4.79 Å². The number of hydrogen-bond donors (Lipinski definition) is 1. The fraction of sp³-hybridized carbons (Fsp3) is 0.381. The van der Waals surface area contributed by atoms with Crippen LogP contribution in [0, 0.1) is 6.92 Å². The first-order chi connectivity index (χ1) is 12.6. The van der Waals surface area contributed by atoms with Gasteiger partial charge >= 0.3 is 0 Å². The van der Waals surface area contributed by atoms with Gasteiger partial charge in [-0.25, -0.2) is 0 Å². The molecule has 0 aliphatic heterocycles. The lowest BCUT2D eigenvalue weighted by atomic mass is 10.2. The molecule has 4 nitrogen and oxygen atoms in total. The van der Waals surface area contributed by atoms with Crippen molar-refractivity contribution in [3.63, 3.8) is 0 Å². The summed E-state index contributed by atoms with van der Waals surface area (Å²) >= 11 is 3.49. The minimum absolute atomic E-state index is 0.0388. The fourth-order valence-corrected chi connectivity index (χ4v) is 2.98. The standard InChI is InChI=1S/C21H26BrNO3/c1-3-4-13-26-20-9-6-5-8-18(20)23-21(24)10-7-14-25-19-12-11-16(2)15-17(19)22/h5-6,8-9,11-12,15H,3-4,7,10,13-14H2,1-2H3,(H,23,24). The van der Waals surface area contributed by atoms with Gasteiger partial charge in [-0.1, -0.05) is 31.5 Å². The molecule has 0 atom stereocenters. The van der Waals surface area contributed by atoms with Gasteiger partial charge in [-0.3, -0.25) is 4.79 Å². The van der Waals surface area contributed by atoms with Gasteiger partial charge in [0.1, 0.15) is 11.5 Å². The largest absolute Gasteiger partial charge is 0.492 e. The summed E-state index contributed by atoms with van der Waals surface area (Å²) in [5.41, 5.74) is 1.89. The molecule has 140 valence electrons. The lowest BCUT2D eigenvalue weighted by Crippen LogP contribution is -2.14. The van der Waals surface area contributed by atoms with Crippen LogP contribution in [0.15, 0.2) is 46.9 Å². The molecular weight excluding hydrogens is 394 g/mol. The first-order valence-corrected chi connectivity index (χ1v) is 9.80. The Kier molecular flexibility index (Phi) is 8.48. The maximum atomic E-state index is 12.2. The van der Waals surface area contributed by atoms with Crippen molar-refractivity contribution in [1.29, 1.82) is 0 Å². The highest BCUT2D eigenvalue weighted by Gasteiger charge is 2.08. The van der Waals surface area contributed by atoms with Gasteiger partial charge < -0.3 is 14.8 Å². The van der Waals surface area contributed by atoms with Crippen LogP contribution < -0.4 is 14.8 Å². The summed E-state index contributed by atoms with van der Waals surface area (Å²) in [6, 6.07) is 13.5. The van der Waals surface area contributed by atoms with E-state index in [0.29, 0.717) is 31.8 Å². The van der Waals surface area contributed by atoms with Gasteiger partial charge in [0.2, 0.25) is 5.91 Å². The fourth-order valence-electron chi connectivity index (χ4n) is 2.37. The second kappa shape index (κ2) is 10.9. The molecule has 2 aromatic rings. The third-order valence-electron chi connectivity index (χ3n) is 3.81. The lowest BCUT2D eigenvalue weighted by Gasteiger charge is -2.12. The molecule has 0 aromatic heterocycles. The van der Waals surface area contributed by atoms with Crippen molar-refractivity contribution in [2.45, 2.75) is 39.5 Å². The quantitative estimate of drug-likeness (QED) is 0.499. The number of carbonyl (C=O) groups is 1. The van der Waals surface area contributed by atoms with Crippen LogP contribution in [-0.2, 0) is 4.79 Å². The second-order valence-electron chi connectivity index (χ2n) is 6.13. The number of nitrogens with one attached hydrogen (secondary N) is 1. The summed E-state index contributed by atoms with van der Waals surface area (Å²) < 4.78 is 12.4. The highest BCUT2D eigenvalue weighted by Crippen LogP contribution is 2.26. The molecule has 0 fully saturated rings. The van der Waals surface area contributed by atoms with E-state index in [1.807, 2.05) is 49.4 Å². The summed E-state index contributed by atoms with van der Waals surface area (Å²) in [6.07, 6.45) is 3.11. The Bertz CT molecular complexity index is 718. The Morgan fingerprint density at radius 3 is 2.54 bits per heavy atom. The van der Waals surface area contributed by atoms with Crippen LogP contribution in [0.5, 0.6) is 11.5 Å². The number of unbranched alkanes of at least 4 members (excludes halogenated alkanes) is 1. The molecule has 1 amide bonds. The van der Waals surface area contributed by atoms with E-state index in [1.165, 1.54) is 5.56 Å². The van der Waals surface area contributed by atoms with Crippen LogP contribution in [0.2, 0.25) is 0 Å². The minimum Gasteiger partial charge on any atom is -0.492 e. The number of ether oxygens (including phenoxy) is 2. The molecule has 5 heteroatoms. The average molecular weight is 420 g/mol. The maximum absolute atomic E-state index is 12.2. The molecule has 0 unspecified atom stereocenters. The monoisotopic (exact) mass is 419 g/mol. The zero-order chi connectivity index (χ0) is 18.8. The molecule has 0 radical (unpaired) electrons. The molecule has 0 aliphatic carbocycles. The average Bonchev–Trinajstić information content (AvgIpc) is 2.62. The molecule has 0 saturated heterocycles. The van der Waals surface area contributed by atoms with E-state index in [2.05, 4.69) is 28.2 Å². The molecule has 1 N–H and O–H groups in total. The SMILES string of the molecule is CCCCOc1ccccc1NC(=O)CCCOc1ccc(C)cc1Br. The number of anilines is 1.